The van der Waals surface area contributed by atoms with Crippen LogP contribution in [0.1, 0.15) is 16.1 Å². The van der Waals surface area contributed by atoms with Gasteiger partial charge in [0.2, 0.25) is 0 Å². The van der Waals surface area contributed by atoms with Crippen molar-refractivity contribution in [2.45, 2.75) is 0 Å². The molecule has 9 nitrogen and oxygen atoms in total. The Morgan fingerprint density at radius 3 is 2.55 bits per heavy atom. The Morgan fingerprint density at radius 1 is 1.05 bits per heavy atom. The number of rotatable bonds is 5. The summed E-state index contributed by atoms with van der Waals surface area (Å²) in [6.45, 7) is 2.85. The summed E-state index contributed by atoms with van der Waals surface area (Å²) in [4.78, 5) is 31.8. The van der Waals surface area contributed by atoms with Gasteiger partial charge in [0.05, 0.1) is 23.0 Å². The Balaban J connectivity index is 1.52. The normalized spacial score (nSPS) is 13.1. The molecule has 0 saturated carbocycles. The maximum absolute atomic E-state index is 14.3. The van der Waals surface area contributed by atoms with Gasteiger partial charge in [-0.05, 0) is 42.0 Å². The number of amides is 1. The fourth-order valence-corrected chi connectivity index (χ4v) is 4.26. The van der Waals surface area contributed by atoms with Gasteiger partial charge >= 0.3 is 0 Å². The first kappa shape index (κ1) is 24.7. The molecule has 1 aliphatic rings. The molecular formula is C27H21F2N7O2. The molecule has 1 fully saturated rings. The summed E-state index contributed by atoms with van der Waals surface area (Å²) in [6, 6.07) is 14.6. The number of nitriles is 1. The van der Waals surface area contributed by atoms with Crippen molar-refractivity contribution in [3.05, 3.63) is 100 Å². The summed E-state index contributed by atoms with van der Waals surface area (Å²) in [5, 5.41) is 19.6. The minimum atomic E-state index is -0.985. The fraction of sp³-hybridized carbons (Fsp3) is 0.148. The van der Waals surface area contributed by atoms with Gasteiger partial charge in [0, 0.05) is 50.2 Å². The van der Waals surface area contributed by atoms with Crippen LogP contribution >= 0.6 is 0 Å². The zero-order valence-corrected chi connectivity index (χ0v) is 20.0. The molecule has 2 aromatic heterocycles. The van der Waals surface area contributed by atoms with E-state index in [1.165, 1.54) is 12.1 Å². The van der Waals surface area contributed by atoms with E-state index in [0.717, 1.165) is 42.5 Å². The highest BCUT2D eigenvalue weighted by molar-refractivity contribution is 6.05. The third kappa shape index (κ3) is 4.85. The number of benzene rings is 2. The van der Waals surface area contributed by atoms with Crippen molar-refractivity contribution in [3.63, 3.8) is 0 Å². The van der Waals surface area contributed by atoms with Crippen LogP contribution < -0.4 is 21.1 Å². The molecule has 1 amide bonds. The zero-order valence-electron chi connectivity index (χ0n) is 20.0. The van der Waals surface area contributed by atoms with Crippen LogP contribution in [-0.2, 0) is 0 Å². The fourth-order valence-electron chi connectivity index (χ4n) is 4.26. The predicted molar refractivity (Wildman–Crippen MR) is 137 cm³/mol. The molecule has 190 valence electrons. The van der Waals surface area contributed by atoms with Gasteiger partial charge in [-0.3, -0.25) is 14.6 Å². The summed E-state index contributed by atoms with van der Waals surface area (Å²) < 4.78 is 29.2. The summed E-state index contributed by atoms with van der Waals surface area (Å²) in [6.07, 6.45) is 3.16. The summed E-state index contributed by atoms with van der Waals surface area (Å²) >= 11 is 0. The molecule has 0 aliphatic carbocycles. The maximum atomic E-state index is 14.3. The Bertz CT molecular complexity index is 1600. The average Bonchev–Trinajstić information content (AvgIpc) is 2.94. The molecule has 3 heterocycles. The van der Waals surface area contributed by atoms with Crippen LogP contribution in [0.2, 0.25) is 0 Å². The van der Waals surface area contributed by atoms with Crippen molar-refractivity contribution < 1.29 is 13.6 Å². The Morgan fingerprint density at radius 2 is 1.82 bits per heavy atom. The van der Waals surface area contributed by atoms with E-state index < -0.39 is 28.8 Å². The molecule has 1 aliphatic heterocycles. The SMILES string of the molecule is N#Cc1ccncc1-c1ccc(NC(=O)c2ccc(=O)n(-c3c(F)cccc3F)n2)c(N2CCNCC2)c1. The number of para-hydroxylation sites is 1. The lowest BCUT2D eigenvalue weighted by Gasteiger charge is -2.31. The number of hydrogen-bond donors (Lipinski definition) is 2. The largest absolute Gasteiger partial charge is 0.367 e. The number of carbonyl (C=O) groups excluding carboxylic acids is 1. The van der Waals surface area contributed by atoms with Gasteiger partial charge < -0.3 is 15.5 Å². The second-order valence-electron chi connectivity index (χ2n) is 8.50. The van der Waals surface area contributed by atoms with Crippen molar-refractivity contribution in [3.8, 4) is 22.9 Å². The van der Waals surface area contributed by atoms with Crippen LogP contribution in [-0.4, -0.2) is 46.9 Å². The zero-order chi connectivity index (χ0) is 26.6. The first-order valence-electron chi connectivity index (χ1n) is 11.8. The first-order chi connectivity index (χ1) is 18.5. The summed E-state index contributed by atoms with van der Waals surface area (Å²) in [5.41, 5.74) is 1.41. The number of pyridine rings is 1. The number of hydrogen-bond acceptors (Lipinski definition) is 7. The van der Waals surface area contributed by atoms with E-state index in [4.69, 9.17) is 0 Å². The molecule has 11 heteroatoms. The molecule has 5 rings (SSSR count). The maximum Gasteiger partial charge on any atom is 0.276 e. The van der Waals surface area contributed by atoms with E-state index in [2.05, 4.69) is 31.7 Å². The van der Waals surface area contributed by atoms with Crippen molar-refractivity contribution >= 4 is 17.3 Å². The van der Waals surface area contributed by atoms with Gasteiger partial charge in [0.1, 0.15) is 11.4 Å². The van der Waals surface area contributed by atoms with Crippen LogP contribution in [0.15, 0.2) is 71.8 Å². The van der Waals surface area contributed by atoms with Crippen LogP contribution in [0.5, 0.6) is 0 Å². The number of anilines is 2. The minimum absolute atomic E-state index is 0.207. The number of piperazine rings is 1. The quantitative estimate of drug-likeness (QED) is 0.421. The van der Waals surface area contributed by atoms with E-state index in [9.17, 15) is 23.6 Å². The van der Waals surface area contributed by atoms with Gasteiger partial charge in [-0.1, -0.05) is 12.1 Å². The molecule has 0 unspecified atom stereocenters. The van der Waals surface area contributed by atoms with Crippen LogP contribution in [0.3, 0.4) is 0 Å². The summed E-state index contributed by atoms with van der Waals surface area (Å²) in [7, 11) is 0. The third-order valence-electron chi connectivity index (χ3n) is 6.14. The second-order valence-corrected chi connectivity index (χ2v) is 8.50. The summed E-state index contributed by atoms with van der Waals surface area (Å²) in [5.74, 6) is -2.64. The van der Waals surface area contributed by atoms with E-state index in [-0.39, 0.29) is 5.69 Å². The van der Waals surface area contributed by atoms with Crippen LogP contribution in [0, 0.1) is 23.0 Å². The third-order valence-corrected chi connectivity index (χ3v) is 6.14. The van der Waals surface area contributed by atoms with Crippen molar-refractivity contribution in [1.82, 2.24) is 20.1 Å². The highest BCUT2D eigenvalue weighted by Gasteiger charge is 2.20. The smallest absolute Gasteiger partial charge is 0.276 e. The lowest BCUT2D eigenvalue weighted by Crippen LogP contribution is -2.43. The molecule has 2 N–H and O–H groups in total. The van der Waals surface area contributed by atoms with E-state index >= 15 is 0 Å². The van der Waals surface area contributed by atoms with E-state index in [1.54, 1.807) is 30.6 Å². The van der Waals surface area contributed by atoms with Crippen molar-refractivity contribution in [2.24, 2.45) is 0 Å². The molecule has 0 atom stereocenters. The Labute approximate surface area is 216 Å². The molecule has 0 spiro atoms. The van der Waals surface area contributed by atoms with Crippen LogP contribution in [0.25, 0.3) is 16.8 Å². The highest BCUT2D eigenvalue weighted by atomic mass is 19.1. The highest BCUT2D eigenvalue weighted by Crippen LogP contribution is 2.33. The monoisotopic (exact) mass is 513 g/mol. The van der Waals surface area contributed by atoms with Crippen molar-refractivity contribution in [1.29, 1.82) is 5.26 Å². The van der Waals surface area contributed by atoms with Gasteiger partial charge in [0.15, 0.2) is 11.6 Å². The second kappa shape index (κ2) is 10.6. The molecule has 4 aromatic rings. The van der Waals surface area contributed by atoms with Gasteiger partial charge in [-0.25, -0.2) is 8.78 Å². The first-order valence-corrected chi connectivity index (χ1v) is 11.8. The van der Waals surface area contributed by atoms with Crippen molar-refractivity contribution in [2.75, 3.05) is 36.4 Å². The number of halogens is 2. The van der Waals surface area contributed by atoms with Gasteiger partial charge in [-0.15, -0.1) is 0 Å². The number of carbonyl (C=O) groups is 1. The topological polar surface area (TPSA) is 116 Å². The van der Waals surface area contributed by atoms with Crippen LogP contribution in [0.4, 0.5) is 20.2 Å². The van der Waals surface area contributed by atoms with E-state index in [1.807, 2.05) is 6.07 Å². The number of aromatic nitrogens is 3. The Hall–Kier alpha value is -4.95. The number of nitrogens with zero attached hydrogens (tertiary/aromatic N) is 5. The van der Waals surface area contributed by atoms with Gasteiger partial charge in [0.25, 0.3) is 11.5 Å². The molecule has 0 bridgehead atoms. The lowest BCUT2D eigenvalue weighted by molar-refractivity contribution is 0.102. The molecule has 2 aromatic carbocycles. The lowest BCUT2D eigenvalue weighted by atomic mass is 10.0. The molecule has 38 heavy (non-hydrogen) atoms. The molecular weight excluding hydrogens is 492 g/mol. The van der Waals surface area contributed by atoms with Gasteiger partial charge in [-0.2, -0.15) is 15.0 Å². The van der Waals surface area contributed by atoms with E-state index in [0.29, 0.717) is 34.6 Å². The minimum Gasteiger partial charge on any atom is -0.367 e. The molecule has 1 saturated heterocycles. The standard InChI is InChI=1S/C27H21F2N7O2/c28-20-2-1-3-21(29)26(20)36-25(37)7-6-23(34-36)27(38)33-22-5-4-17(19-16-32-9-8-18(19)15-30)14-24(22)35-12-10-31-11-13-35/h1-9,14,16,31H,10-13H2,(H,33,38). The average molecular weight is 514 g/mol. The number of nitrogens with one attached hydrogen (secondary N) is 2. The predicted octanol–water partition coefficient (Wildman–Crippen LogP) is 3.11. The Kier molecular flexibility index (Phi) is 6.88. The molecule has 0 radical (unpaired) electrons.